The summed E-state index contributed by atoms with van der Waals surface area (Å²) in [4.78, 5) is 0. The standard InChI is InChI=1S/C74H89ClO6/c1-69(2,3)56-28-44-22-45-29-57(70(4,5)6)33-49(64(45)77)25-54-38-61(74(16,17)18)39-55-27-51-35-59(72(10,11)12)31-47(66(51)79)23-46-30-58(71(7,8)9)34-50(65(46)78)26-53-37-60(73(13,14)15)36-52(24-48(32-56)63(44)76)67(53)80-40-42-20-19-21-43(62(42)75)41-81-68(54)55/h19-21,28-39,76-79H,22-27,40-41H2,1-18H3. The second-order valence-corrected chi connectivity index (χ2v) is 30.2. The highest BCUT2D eigenvalue weighted by Gasteiger charge is 2.31. The van der Waals surface area contributed by atoms with Gasteiger partial charge in [-0.05, 0) is 133 Å². The average Bonchev–Trinajstić information content (AvgIpc) is 3.42. The Kier molecular flexibility index (Phi) is 15.4. The minimum atomic E-state index is -0.302. The molecule has 0 fully saturated rings. The first-order valence-electron chi connectivity index (χ1n) is 29.2. The van der Waals surface area contributed by atoms with Crippen molar-refractivity contribution in [3.05, 3.63) is 207 Å². The highest BCUT2D eigenvalue weighted by molar-refractivity contribution is 6.32. The second kappa shape index (κ2) is 21.1. The average molecular weight is 1110 g/mol. The molecular formula is C74H89ClO6. The molecule has 7 heteroatoms. The van der Waals surface area contributed by atoms with Crippen molar-refractivity contribution in [2.45, 2.75) is 209 Å². The minimum Gasteiger partial charge on any atom is -0.507 e. The van der Waals surface area contributed by atoms with Crippen LogP contribution in [0, 0.1) is 0 Å². The number of halogens is 1. The largest absolute Gasteiger partial charge is 0.507 e. The molecule has 0 spiro atoms. The van der Waals surface area contributed by atoms with Crippen LogP contribution >= 0.6 is 11.6 Å². The summed E-state index contributed by atoms with van der Waals surface area (Å²) in [5, 5.41) is 52.1. The predicted molar refractivity (Wildman–Crippen MR) is 334 cm³/mol. The molecule has 4 N–H and O–H groups in total. The molecule has 2 aliphatic rings. The number of benzene rings is 7. The Labute approximate surface area is 489 Å². The molecular weight excluding hydrogens is 1020 g/mol. The number of hydrogen-bond donors (Lipinski definition) is 4. The summed E-state index contributed by atoms with van der Waals surface area (Å²) in [6, 6.07) is 31.9. The SMILES string of the molecule is CC(C)(C)c1cc2c(O)c(c1)Cc1cc(C(C)(C)C)cc3c1OCc1cccc(c1Cl)COc1c(cc(C(C)(C)C)cc1Cc1cc(C(C)(C)C)cc(c1O)Cc1cc(C(C)(C)C)cc(c1O)C3)Cc1cc(C(C)(C)C)cc(c1O)C2. The molecule has 0 aromatic heterocycles. The molecule has 428 valence electrons. The summed E-state index contributed by atoms with van der Waals surface area (Å²) in [5.41, 5.74) is 15.7. The third kappa shape index (κ3) is 12.5. The molecule has 2 heterocycles. The number of hydrogen-bond acceptors (Lipinski definition) is 6. The smallest absolute Gasteiger partial charge is 0.126 e. The van der Waals surface area contributed by atoms with Crippen molar-refractivity contribution in [1.29, 1.82) is 0 Å². The van der Waals surface area contributed by atoms with Gasteiger partial charge in [0.2, 0.25) is 0 Å². The summed E-state index contributed by atoms with van der Waals surface area (Å²) < 4.78 is 14.5. The maximum Gasteiger partial charge on any atom is 0.126 e. The van der Waals surface area contributed by atoms with Crippen molar-refractivity contribution >= 4 is 11.6 Å². The fourth-order valence-corrected chi connectivity index (χ4v) is 11.7. The highest BCUT2D eigenvalue weighted by atomic mass is 35.5. The van der Waals surface area contributed by atoms with Gasteiger partial charge in [-0.25, -0.2) is 0 Å². The molecule has 9 rings (SSSR count). The van der Waals surface area contributed by atoms with E-state index in [1.165, 1.54) is 0 Å². The Morgan fingerprint density at radius 1 is 0.284 bits per heavy atom. The van der Waals surface area contributed by atoms with E-state index in [1.807, 2.05) is 18.2 Å². The molecule has 0 saturated heterocycles. The van der Waals surface area contributed by atoms with E-state index in [1.54, 1.807) is 0 Å². The van der Waals surface area contributed by atoms with Crippen molar-refractivity contribution < 1.29 is 29.9 Å². The molecule has 0 radical (unpaired) electrons. The van der Waals surface area contributed by atoms with Crippen molar-refractivity contribution in [2.75, 3.05) is 0 Å². The van der Waals surface area contributed by atoms with Crippen molar-refractivity contribution in [3.63, 3.8) is 0 Å². The lowest BCUT2D eigenvalue weighted by atomic mass is 9.79. The van der Waals surface area contributed by atoms with Crippen LogP contribution in [0.1, 0.15) is 236 Å². The third-order valence-corrected chi connectivity index (χ3v) is 17.4. The molecule has 7 aromatic carbocycles. The van der Waals surface area contributed by atoms with Crippen LogP contribution in [-0.2, 0) is 84.2 Å². The molecule has 12 bridgehead atoms. The lowest BCUT2D eigenvalue weighted by molar-refractivity contribution is 0.294. The van der Waals surface area contributed by atoms with Gasteiger partial charge in [0.05, 0.1) is 5.02 Å². The van der Waals surface area contributed by atoms with Crippen LogP contribution in [0.5, 0.6) is 34.5 Å². The van der Waals surface area contributed by atoms with E-state index in [-0.39, 0.29) is 81.5 Å². The quantitative estimate of drug-likeness (QED) is 0.121. The molecule has 0 saturated carbocycles. The van der Waals surface area contributed by atoms with Gasteiger partial charge in [0.25, 0.3) is 0 Å². The summed E-state index contributed by atoms with van der Waals surface area (Å²) in [6.45, 7) is 39.9. The molecule has 81 heavy (non-hydrogen) atoms. The third-order valence-electron chi connectivity index (χ3n) is 16.9. The predicted octanol–water partition coefficient (Wildman–Crippen LogP) is 18.3. The maximum absolute atomic E-state index is 12.9. The van der Waals surface area contributed by atoms with E-state index in [9.17, 15) is 20.4 Å². The van der Waals surface area contributed by atoms with Gasteiger partial charge in [-0.3, -0.25) is 0 Å². The molecule has 0 unspecified atom stereocenters. The van der Waals surface area contributed by atoms with Crippen LogP contribution in [0.15, 0.2) is 91.0 Å². The molecule has 0 aliphatic carbocycles. The van der Waals surface area contributed by atoms with E-state index in [2.05, 4.69) is 197 Å². The van der Waals surface area contributed by atoms with E-state index < -0.39 is 0 Å². The monoisotopic (exact) mass is 1110 g/mol. The van der Waals surface area contributed by atoms with E-state index in [0.29, 0.717) is 42.2 Å². The van der Waals surface area contributed by atoms with Crippen LogP contribution in [0.25, 0.3) is 0 Å². The van der Waals surface area contributed by atoms with Gasteiger partial charge in [-0.2, -0.15) is 0 Å². The number of phenolic OH excluding ortho intramolecular Hbond substituents is 4. The Morgan fingerprint density at radius 2 is 0.457 bits per heavy atom. The fourth-order valence-electron chi connectivity index (χ4n) is 11.5. The van der Waals surface area contributed by atoms with Crippen LogP contribution in [-0.4, -0.2) is 20.4 Å². The van der Waals surface area contributed by atoms with Crippen molar-refractivity contribution in [3.8, 4) is 34.5 Å². The second-order valence-electron chi connectivity index (χ2n) is 29.8. The summed E-state index contributed by atoms with van der Waals surface area (Å²) in [7, 11) is 0. The van der Waals surface area contributed by atoms with Crippen LogP contribution in [0.3, 0.4) is 0 Å². The summed E-state index contributed by atoms with van der Waals surface area (Å²) in [5.74, 6) is 2.02. The molecule has 6 nitrogen and oxygen atoms in total. The van der Waals surface area contributed by atoms with Gasteiger partial charge in [0.15, 0.2) is 0 Å². The first-order valence-corrected chi connectivity index (χ1v) is 29.6. The van der Waals surface area contributed by atoms with Crippen molar-refractivity contribution in [1.82, 2.24) is 0 Å². The number of ether oxygens (including phenoxy) is 2. The van der Waals surface area contributed by atoms with E-state index in [0.717, 1.165) is 111 Å². The van der Waals surface area contributed by atoms with E-state index >= 15 is 0 Å². The first-order chi connectivity index (χ1) is 37.4. The van der Waals surface area contributed by atoms with Gasteiger partial charge in [-0.15, -0.1) is 0 Å². The molecule has 0 amide bonds. The Hall–Kier alpha value is -6.37. The summed E-state index contributed by atoms with van der Waals surface area (Å²) in [6.07, 6.45) is 1.88. The van der Waals surface area contributed by atoms with Crippen LogP contribution < -0.4 is 9.47 Å². The Balaban J connectivity index is 1.46. The Bertz CT molecular complexity index is 3170. The normalized spacial score (nSPS) is 14.6. The zero-order valence-corrected chi connectivity index (χ0v) is 52.6. The lowest BCUT2D eigenvalue weighted by Crippen LogP contribution is -2.16. The lowest BCUT2D eigenvalue weighted by Gasteiger charge is -2.28. The number of rotatable bonds is 0. The van der Waals surface area contributed by atoms with Crippen LogP contribution in [0.4, 0.5) is 0 Å². The van der Waals surface area contributed by atoms with Gasteiger partial charge in [0, 0.05) is 49.7 Å². The number of aromatic hydroxyl groups is 4. The van der Waals surface area contributed by atoms with Gasteiger partial charge in [0.1, 0.15) is 47.7 Å². The molecule has 0 atom stereocenters. The van der Waals surface area contributed by atoms with Gasteiger partial charge < -0.3 is 29.9 Å². The van der Waals surface area contributed by atoms with Crippen LogP contribution in [0.2, 0.25) is 5.02 Å². The maximum atomic E-state index is 12.9. The summed E-state index contributed by atoms with van der Waals surface area (Å²) >= 11 is 7.57. The Morgan fingerprint density at radius 3 is 0.642 bits per heavy atom. The number of phenols is 4. The minimum absolute atomic E-state index is 0.144. The molecule has 7 aromatic rings. The van der Waals surface area contributed by atoms with Gasteiger partial charge >= 0.3 is 0 Å². The fraction of sp³-hybridized carbons (Fsp3) is 0.432. The first kappa shape index (κ1) is 59.3. The molecule has 2 aliphatic heterocycles. The van der Waals surface area contributed by atoms with Crippen molar-refractivity contribution in [2.24, 2.45) is 0 Å². The van der Waals surface area contributed by atoms with E-state index in [4.69, 9.17) is 21.1 Å². The zero-order valence-electron chi connectivity index (χ0n) is 51.8. The van der Waals surface area contributed by atoms with Gasteiger partial charge in [-0.1, -0.05) is 227 Å². The zero-order chi connectivity index (χ0) is 59.3. The topological polar surface area (TPSA) is 99.4 Å². The highest BCUT2D eigenvalue weighted by Crippen LogP contribution is 2.46. The number of fused-ring (bicyclic) bond motifs is 10.